The zero-order chi connectivity index (χ0) is 15.2. The summed E-state index contributed by atoms with van der Waals surface area (Å²) in [4.78, 5) is 12.0. The van der Waals surface area contributed by atoms with Crippen LogP contribution in [0.25, 0.3) is 0 Å². The monoisotopic (exact) mass is 289 g/mol. The van der Waals surface area contributed by atoms with Gasteiger partial charge in [0.15, 0.2) is 11.5 Å². The van der Waals surface area contributed by atoms with Gasteiger partial charge in [-0.2, -0.15) is 0 Å². The van der Waals surface area contributed by atoms with Crippen molar-refractivity contribution in [3.63, 3.8) is 0 Å². The summed E-state index contributed by atoms with van der Waals surface area (Å²) < 4.78 is 17.6. The predicted molar refractivity (Wildman–Crippen MR) is 78.9 cm³/mol. The summed E-state index contributed by atoms with van der Waals surface area (Å²) in [6, 6.07) is 8.92. The molecule has 0 aliphatic heterocycles. The van der Waals surface area contributed by atoms with Crippen molar-refractivity contribution in [3.05, 3.63) is 42.7 Å². The first-order valence-corrected chi connectivity index (χ1v) is 6.69. The molecule has 21 heavy (non-hydrogen) atoms. The fourth-order valence-corrected chi connectivity index (χ4v) is 2.04. The van der Waals surface area contributed by atoms with Gasteiger partial charge in [-0.25, -0.2) is 0 Å². The van der Waals surface area contributed by atoms with Gasteiger partial charge in [0.25, 0.3) is 0 Å². The van der Waals surface area contributed by atoms with Gasteiger partial charge in [0.05, 0.1) is 20.6 Å². The molecule has 2 rings (SSSR count). The van der Waals surface area contributed by atoms with Crippen LogP contribution in [0.15, 0.2) is 42.7 Å². The van der Waals surface area contributed by atoms with E-state index in [0.717, 1.165) is 0 Å². The lowest BCUT2D eigenvalue weighted by molar-refractivity contribution is -0.135. The number of aromatic nitrogens is 1. The largest absolute Gasteiger partial charge is 0.493 e. The number of esters is 1. The molecule has 0 radical (unpaired) electrons. The predicted octanol–water partition coefficient (Wildman–Crippen LogP) is 3.06. The number of hydrogen-bond acceptors (Lipinski definition) is 4. The highest BCUT2D eigenvalue weighted by atomic mass is 16.5. The topological polar surface area (TPSA) is 49.7 Å². The van der Waals surface area contributed by atoms with E-state index in [2.05, 4.69) is 0 Å². The molecule has 0 spiro atoms. The van der Waals surface area contributed by atoms with Crippen LogP contribution in [0.2, 0.25) is 0 Å². The first kappa shape index (κ1) is 15.0. The number of carbonyl (C=O) groups is 1. The molecule has 1 aromatic carbocycles. The highest BCUT2D eigenvalue weighted by molar-refractivity contribution is 5.73. The Kier molecular flexibility index (Phi) is 4.87. The second-order valence-corrected chi connectivity index (χ2v) is 4.67. The molecular formula is C16H19NO4. The number of ether oxygens (including phenoxy) is 3. The lowest BCUT2D eigenvalue weighted by Crippen LogP contribution is -2.14. The molecule has 0 fully saturated rings. The number of benzene rings is 1. The molecule has 0 bridgehead atoms. The molecular weight excluding hydrogens is 270 g/mol. The van der Waals surface area contributed by atoms with Crippen molar-refractivity contribution < 1.29 is 19.0 Å². The van der Waals surface area contributed by atoms with E-state index in [1.165, 1.54) is 7.11 Å². The molecule has 0 amide bonds. The van der Waals surface area contributed by atoms with Gasteiger partial charge in [-0.3, -0.25) is 4.79 Å². The highest BCUT2D eigenvalue weighted by Crippen LogP contribution is 2.31. The summed E-state index contributed by atoms with van der Waals surface area (Å²) in [6.07, 6.45) is 4.14. The molecule has 1 heterocycles. The zero-order valence-corrected chi connectivity index (χ0v) is 12.4. The van der Waals surface area contributed by atoms with E-state index in [4.69, 9.17) is 14.2 Å². The normalized spacial score (nSPS) is 11.8. The SMILES string of the molecule is COc1ccc(OC(=O)C[C@H](C)n2cccc2)cc1OC. The molecule has 1 atom stereocenters. The Morgan fingerprint density at radius 1 is 1.14 bits per heavy atom. The fraction of sp³-hybridized carbons (Fsp3) is 0.312. The first-order chi connectivity index (χ1) is 10.1. The van der Waals surface area contributed by atoms with Gasteiger partial charge in [0.1, 0.15) is 5.75 Å². The Labute approximate surface area is 124 Å². The molecule has 112 valence electrons. The molecule has 5 nitrogen and oxygen atoms in total. The van der Waals surface area contributed by atoms with Crippen LogP contribution >= 0.6 is 0 Å². The van der Waals surface area contributed by atoms with Crippen molar-refractivity contribution in [1.82, 2.24) is 4.57 Å². The highest BCUT2D eigenvalue weighted by Gasteiger charge is 2.13. The summed E-state index contributed by atoms with van der Waals surface area (Å²) in [5, 5.41) is 0. The summed E-state index contributed by atoms with van der Waals surface area (Å²) >= 11 is 0. The second kappa shape index (κ2) is 6.83. The van der Waals surface area contributed by atoms with E-state index < -0.39 is 0 Å². The average molecular weight is 289 g/mol. The summed E-state index contributed by atoms with van der Waals surface area (Å²) in [6.45, 7) is 1.97. The summed E-state index contributed by atoms with van der Waals surface area (Å²) in [5.74, 6) is 1.28. The van der Waals surface area contributed by atoms with Crippen LogP contribution < -0.4 is 14.2 Å². The Bertz CT molecular complexity index is 592. The van der Waals surface area contributed by atoms with E-state index in [-0.39, 0.29) is 12.0 Å². The molecule has 1 aromatic heterocycles. The molecule has 0 aliphatic rings. The van der Waals surface area contributed by atoms with Gasteiger partial charge in [0.2, 0.25) is 0 Å². The molecule has 2 aromatic rings. The number of hydrogen-bond donors (Lipinski definition) is 0. The minimum absolute atomic E-state index is 0.0487. The van der Waals surface area contributed by atoms with Crippen LogP contribution in [0.5, 0.6) is 17.2 Å². The Morgan fingerprint density at radius 2 is 1.81 bits per heavy atom. The standard InChI is InChI=1S/C16H19NO4/c1-12(17-8-4-5-9-17)10-16(18)21-13-6-7-14(19-2)15(11-13)20-3/h4-9,11-12H,10H2,1-3H3/t12-/m0/s1. The Morgan fingerprint density at radius 3 is 2.43 bits per heavy atom. The maximum absolute atomic E-state index is 12.0. The van der Waals surface area contributed by atoms with Gasteiger partial charge in [-0.15, -0.1) is 0 Å². The lowest BCUT2D eigenvalue weighted by atomic mass is 10.2. The van der Waals surface area contributed by atoms with E-state index in [1.807, 2.05) is 36.0 Å². The third kappa shape index (κ3) is 3.78. The zero-order valence-electron chi connectivity index (χ0n) is 12.4. The van der Waals surface area contributed by atoms with Gasteiger partial charge < -0.3 is 18.8 Å². The van der Waals surface area contributed by atoms with Crippen molar-refractivity contribution in [1.29, 1.82) is 0 Å². The molecule has 0 unspecified atom stereocenters. The minimum Gasteiger partial charge on any atom is -0.493 e. The third-order valence-electron chi connectivity index (χ3n) is 3.19. The smallest absolute Gasteiger partial charge is 0.313 e. The maximum atomic E-state index is 12.0. The van der Waals surface area contributed by atoms with Crippen molar-refractivity contribution in [2.45, 2.75) is 19.4 Å². The number of carbonyl (C=O) groups excluding carboxylic acids is 1. The molecule has 0 saturated heterocycles. The second-order valence-electron chi connectivity index (χ2n) is 4.67. The number of rotatable bonds is 6. The van der Waals surface area contributed by atoms with Crippen molar-refractivity contribution in [2.24, 2.45) is 0 Å². The molecule has 0 aliphatic carbocycles. The van der Waals surface area contributed by atoms with Crippen LogP contribution in [0, 0.1) is 0 Å². The third-order valence-corrected chi connectivity index (χ3v) is 3.19. The van der Waals surface area contributed by atoms with Gasteiger partial charge in [-0.05, 0) is 31.2 Å². The van der Waals surface area contributed by atoms with Crippen LogP contribution in [-0.4, -0.2) is 24.8 Å². The number of methoxy groups -OCH3 is 2. The van der Waals surface area contributed by atoms with E-state index in [0.29, 0.717) is 23.7 Å². The van der Waals surface area contributed by atoms with E-state index >= 15 is 0 Å². The van der Waals surface area contributed by atoms with Crippen molar-refractivity contribution in [2.75, 3.05) is 14.2 Å². The summed E-state index contributed by atoms with van der Waals surface area (Å²) in [5.41, 5.74) is 0. The van der Waals surface area contributed by atoms with Crippen molar-refractivity contribution in [3.8, 4) is 17.2 Å². The summed E-state index contributed by atoms with van der Waals surface area (Å²) in [7, 11) is 3.10. The Hall–Kier alpha value is -2.43. The molecule has 0 N–H and O–H groups in total. The maximum Gasteiger partial charge on any atom is 0.313 e. The van der Waals surface area contributed by atoms with Crippen LogP contribution in [-0.2, 0) is 4.79 Å². The van der Waals surface area contributed by atoms with Crippen LogP contribution in [0.1, 0.15) is 19.4 Å². The fourth-order valence-electron chi connectivity index (χ4n) is 2.04. The average Bonchev–Trinajstić information content (AvgIpc) is 3.01. The van der Waals surface area contributed by atoms with Gasteiger partial charge in [0, 0.05) is 24.5 Å². The van der Waals surface area contributed by atoms with Crippen LogP contribution in [0.4, 0.5) is 0 Å². The van der Waals surface area contributed by atoms with Gasteiger partial charge >= 0.3 is 5.97 Å². The Balaban J connectivity index is 1.99. The van der Waals surface area contributed by atoms with Crippen molar-refractivity contribution >= 4 is 5.97 Å². The first-order valence-electron chi connectivity index (χ1n) is 6.69. The minimum atomic E-state index is -0.289. The lowest BCUT2D eigenvalue weighted by Gasteiger charge is -2.13. The number of nitrogens with zero attached hydrogens (tertiary/aromatic N) is 1. The van der Waals surface area contributed by atoms with E-state index in [1.54, 1.807) is 25.3 Å². The van der Waals surface area contributed by atoms with E-state index in [9.17, 15) is 4.79 Å². The molecule has 5 heteroatoms. The molecule has 0 saturated carbocycles. The van der Waals surface area contributed by atoms with Gasteiger partial charge in [-0.1, -0.05) is 0 Å². The quantitative estimate of drug-likeness (QED) is 0.606. The van der Waals surface area contributed by atoms with Crippen LogP contribution in [0.3, 0.4) is 0 Å².